The number of thiophene rings is 1. The summed E-state index contributed by atoms with van der Waals surface area (Å²) in [6.07, 6.45) is 1.74. The van der Waals surface area contributed by atoms with E-state index < -0.39 is 17.2 Å². The van der Waals surface area contributed by atoms with Crippen LogP contribution in [0.3, 0.4) is 0 Å². The van der Waals surface area contributed by atoms with Gasteiger partial charge in [-0.25, -0.2) is 9.07 Å². The second-order valence-electron chi connectivity index (χ2n) is 6.53. The summed E-state index contributed by atoms with van der Waals surface area (Å²) in [5.74, 6) is -0.867. The van der Waals surface area contributed by atoms with Crippen molar-refractivity contribution in [3.05, 3.63) is 80.2 Å². The van der Waals surface area contributed by atoms with Gasteiger partial charge in [0.25, 0.3) is 5.91 Å². The second kappa shape index (κ2) is 7.08. The third-order valence-corrected chi connectivity index (χ3v) is 5.75. The highest BCUT2D eigenvalue weighted by Crippen LogP contribution is 2.35. The van der Waals surface area contributed by atoms with Crippen LogP contribution in [0.15, 0.2) is 52.6 Å². The number of likely N-dealkylation sites (tertiary alicyclic amines) is 1. The number of rotatable bonds is 3. The third-order valence-electron chi connectivity index (χ3n) is 4.78. The maximum absolute atomic E-state index is 14.2. The number of hydrogen-bond donors (Lipinski definition) is 0. The summed E-state index contributed by atoms with van der Waals surface area (Å²) in [5, 5.41) is 6.22. The van der Waals surface area contributed by atoms with E-state index in [1.54, 1.807) is 41.4 Å². The first kappa shape index (κ1) is 17.6. The van der Waals surface area contributed by atoms with Gasteiger partial charge in [-0.2, -0.15) is 5.10 Å². The van der Waals surface area contributed by atoms with Gasteiger partial charge in [0.2, 0.25) is 5.43 Å². The van der Waals surface area contributed by atoms with Crippen LogP contribution in [0.5, 0.6) is 0 Å². The van der Waals surface area contributed by atoms with E-state index in [0.717, 1.165) is 17.7 Å². The van der Waals surface area contributed by atoms with E-state index in [4.69, 9.17) is 0 Å². The molecule has 1 amide bonds. The molecular weight excluding hydrogens is 365 g/mol. The highest BCUT2D eigenvalue weighted by Gasteiger charge is 2.33. The Morgan fingerprint density at radius 2 is 2.07 bits per heavy atom. The van der Waals surface area contributed by atoms with E-state index in [-0.39, 0.29) is 17.4 Å². The quantitative estimate of drug-likeness (QED) is 0.693. The average molecular weight is 383 g/mol. The number of aryl methyl sites for hydroxylation is 1. The molecule has 4 rings (SSSR count). The Balaban J connectivity index is 1.75. The molecule has 2 aromatic heterocycles. The zero-order valence-electron chi connectivity index (χ0n) is 14.8. The molecule has 1 aromatic carbocycles. The molecule has 3 heterocycles. The molecule has 1 fully saturated rings. The molecule has 0 radical (unpaired) electrons. The Hall–Kier alpha value is -2.80. The van der Waals surface area contributed by atoms with Crippen LogP contribution in [0, 0.1) is 12.7 Å². The molecule has 138 valence electrons. The molecule has 0 aliphatic carbocycles. The third kappa shape index (κ3) is 3.19. The number of halogens is 1. The van der Waals surface area contributed by atoms with Gasteiger partial charge in [-0.05, 0) is 43.3 Å². The number of hydrogen-bond acceptors (Lipinski definition) is 4. The SMILES string of the molecule is Cc1cc(=O)c(C(=O)N2CCCC2c2cccs2)nn1-c1ccccc1F. The minimum Gasteiger partial charge on any atom is -0.329 e. The van der Waals surface area contributed by atoms with Crippen LogP contribution >= 0.6 is 11.3 Å². The molecule has 1 atom stereocenters. The molecule has 3 aromatic rings. The molecule has 1 saturated heterocycles. The van der Waals surface area contributed by atoms with Crippen molar-refractivity contribution in [1.29, 1.82) is 0 Å². The number of benzene rings is 1. The minimum absolute atomic E-state index is 0.0399. The first-order valence-corrected chi connectivity index (χ1v) is 9.64. The first-order valence-electron chi connectivity index (χ1n) is 8.76. The molecule has 0 spiro atoms. The molecule has 0 bridgehead atoms. The first-order chi connectivity index (χ1) is 13.1. The molecule has 1 aliphatic heterocycles. The van der Waals surface area contributed by atoms with Crippen molar-refractivity contribution in [2.75, 3.05) is 6.54 Å². The fourth-order valence-electron chi connectivity index (χ4n) is 3.49. The number of carbonyl (C=O) groups is 1. The Morgan fingerprint density at radius 1 is 1.26 bits per heavy atom. The van der Waals surface area contributed by atoms with Crippen molar-refractivity contribution in [1.82, 2.24) is 14.7 Å². The summed E-state index contributed by atoms with van der Waals surface area (Å²) < 4.78 is 15.5. The lowest BCUT2D eigenvalue weighted by Crippen LogP contribution is -2.35. The highest BCUT2D eigenvalue weighted by molar-refractivity contribution is 7.10. The molecular formula is C20H18FN3O2S. The largest absolute Gasteiger partial charge is 0.329 e. The molecule has 0 saturated carbocycles. The van der Waals surface area contributed by atoms with Crippen LogP contribution in [0.4, 0.5) is 4.39 Å². The predicted octanol–water partition coefficient (Wildman–Crippen LogP) is 3.72. The molecule has 1 aliphatic rings. The minimum atomic E-state index is -0.465. The van der Waals surface area contributed by atoms with Crippen LogP contribution < -0.4 is 5.43 Å². The maximum atomic E-state index is 14.2. The van der Waals surface area contributed by atoms with E-state index >= 15 is 0 Å². The molecule has 0 N–H and O–H groups in total. The number of amides is 1. The Labute approximate surface area is 159 Å². The lowest BCUT2D eigenvalue weighted by atomic mass is 10.2. The standard InChI is InChI=1S/C20H18FN3O2S/c1-13-12-17(25)19(22-24(13)15-7-3-2-6-14(15)21)20(26)23-10-4-8-16(23)18-9-5-11-27-18/h2-3,5-7,9,11-12,16H,4,8,10H2,1H3. The predicted molar refractivity (Wildman–Crippen MR) is 102 cm³/mol. The van der Waals surface area contributed by atoms with Crippen LogP contribution in [0.1, 0.15) is 39.9 Å². The summed E-state index contributed by atoms with van der Waals surface area (Å²) in [6.45, 7) is 2.25. The van der Waals surface area contributed by atoms with Gasteiger partial charge < -0.3 is 4.90 Å². The summed E-state index contributed by atoms with van der Waals surface area (Å²) in [7, 11) is 0. The normalized spacial score (nSPS) is 16.7. The van der Waals surface area contributed by atoms with Crippen LogP contribution in [0.2, 0.25) is 0 Å². The molecule has 1 unspecified atom stereocenters. The van der Waals surface area contributed by atoms with Gasteiger partial charge in [0.05, 0.1) is 6.04 Å². The monoisotopic (exact) mass is 383 g/mol. The van der Waals surface area contributed by atoms with E-state index in [9.17, 15) is 14.0 Å². The van der Waals surface area contributed by atoms with Crippen LogP contribution in [-0.2, 0) is 0 Å². The van der Waals surface area contributed by atoms with E-state index in [1.807, 2.05) is 17.5 Å². The van der Waals surface area contributed by atoms with Gasteiger partial charge in [0.15, 0.2) is 5.69 Å². The topological polar surface area (TPSA) is 55.2 Å². The molecule has 7 heteroatoms. The fourth-order valence-corrected chi connectivity index (χ4v) is 4.36. The zero-order chi connectivity index (χ0) is 19.0. The zero-order valence-corrected chi connectivity index (χ0v) is 15.6. The van der Waals surface area contributed by atoms with Gasteiger partial charge >= 0.3 is 0 Å². The summed E-state index contributed by atoms with van der Waals surface area (Å²) in [5.41, 5.74) is 0.0624. The smallest absolute Gasteiger partial charge is 0.278 e. The van der Waals surface area contributed by atoms with Crippen molar-refractivity contribution in [3.63, 3.8) is 0 Å². The Morgan fingerprint density at radius 3 is 2.81 bits per heavy atom. The molecule has 5 nitrogen and oxygen atoms in total. The Kier molecular flexibility index (Phi) is 4.61. The van der Waals surface area contributed by atoms with Gasteiger partial charge in [-0.15, -0.1) is 11.3 Å². The molecule has 27 heavy (non-hydrogen) atoms. The van der Waals surface area contributed by atoms with E-state index in [2.05, 4.69) is 5.10 Å². The number of aromatic nitrogens is 2. The number of nitrogens with zero attached hydrogens (tertiary/aromatic N) is 3. The van der Waals surface area contributed by atoms with Crippen molar-refractivity contribution in [2.45, 2.75) is 25.8 Å². The lowest BCUT2D eigenvalue weighted by Gasteiger charge is -2.23. The van der Waals surface area contributed by atoms with E-state index in [1.165, 1.54) is 16.8 Å². The summed E-state index contributed by atoms with van der Waals surface area (Å²) in [4.78, 5) is 28.4. The van der Waals surface area contributed by atoms with Crippen molar-refractivity contribution < 1.29 is 9.18 Å². The highest BCUT2D eigenvalue weighted by atomic mass is 32.1. The Bertz CT molecular complexity index is 1050. The lowest BCUT2D eigenvalue weighted by molar-refractivity contribution is 0.0728. The van der Waals surface area contributed by atoms with Crippen LogP contribution in [0.25, 0.3) is 5.69 Å². The van der Waals surface area contributed by atoms with Gasteiger partial charge in [-0.3, -0.25) is 9.59 Å². The number of carbonyl (C=O) groups excluding carboxylic acids is 1. The van der Waals surface area contributed by atoms with E-state index in [0.29, 0.717) is 12.2 Å². The fraction of sp³-hybridized carbons (Fsp3) is 0.250. The summed E-state index contributed by atoms with van der Waals surface area (Å²) >= 11 is 1.60. The van der Waals surface area contributed by atoms with Gasteiger partial charge in [0.1, 0.15) is 11.5 Å². The van der Waals surface area contributed by atoms with Crippen molar-refractivity contribution in [2.24, 2.45) is 0 Å². The average Bonchev–Trinajstić information content (AvgIpc) is 3.33. The second-order valence-corrected chi connectivity index (χ2v) is 7.51. The summed E-state index contributed by atoms with van der Waals surface area (Å²) in [6, 6.07) is 11.4. The van der Waals surface area contributed by atoms with Crippen molar-refractivity contribution >= 4 is 17.2 Å². The van der Waals surface area contributed by atoms with Gasteiger partial charge in [-0.1, -0.05) is 18.2 Å². The van der Waals surface area contributed by atoms with Gasteiger partial charge in [0, 0.05) is 23.2 Å². The maximum Gasteiger partial charge on any atom is 0.278 e. The number of para-hydroxylation sites is 1. The van der Waals surface area contributed by atoms with Crippen LogP contribution in [-0.4, -0.2) is 27.1 Å². The van der Waals surface area contributed by atoms with Crippen molar-refractivity contribution in [3.8, 4) is 5.69 Å².